The fourth-order valence-electron chi connectivity index (χ4n) is 2.62. The molecule has 0 heterocycles. The molecule has 134 valence electrons. The Labute approximate surface area is 148 Å². The quantitative estimate of drug-likeness (QED) is 0.724. The van der Waals surface area contributed by atoms with E-state index in [9.17, 15) is 4.79 Å². The Hall–Kier alpha value is -2.69. The van der Waals surface area contributed by atoms with Crippen LogP contribution >= 0.6 is 0 Å². The Morgan fingerprint density at radius 2 is 1.76 bits per heavy atom. The minimum absolute atomic E-state index is 0.154. The van der Waals surface area contributed by atoms with Crippen molar-refractivity contribution in [2.45, 2.75) is 26.7 Å². The molecule has 2 aromatic rings. The summed E-state index contributed by atoms with van der Waals surface area (Å²) in [7, 11) is 1.48. The number of carboxylic acid groups (broad SMARTS) is 1. The van der Waals surface area contributed by atoms with Crippen LogP contribution in [0.5, 0.6) is 17.2 Å². The summed E-state index contributed by atoms with van der Waals surface area (Å²) in [5.41, 5.74) is 2.67. The van der Waals surface area contributed by atoms with Crippen molar-refractivity contribution in [2.75, 3.05) is 20.3 Å². The molecule has 0 atom stereocenters. The Kier molecular flexibility index (Phi) is 6.28. The van der Waals surface area contributed by atoms with Gasteiger partial charge >= 0.3 is 5.97 Å². The lowest BCUT2D eigenvalue weighted by atomic mass is 9.98. The molecule has 25 heavy (non-hydrogen) atoms. The Morgan fingerprint density at radius 3 is 2.36 bits per heavy atom. The van der Waals surface area contributed by atoms with Gasteiger partial charge in [0.1, 0.15) is 19.0 Å². The van der Waals surface area contributed by atoms with Crippen LogP contribution in [-0.4, -0.2) is 31.4 Å². The molecule has 0 fully saturated rings. The van der Waals surface area contributed by atoms with Gasteiger partial charge in [0.15, 0.2) is 11.5 Å². The van der Waals surface area contributed by atoms with Gasteiger partial charge in [0.25, 0.3) is 0 Å². The predicted octanol–water partition coefficient (Wildman–Crippen LogP) is 4.28. The van der Waals surface area contributed by atoms with Crippen LogP contribution in [0.4, 0.5) is 0 Å². The monoisotopic (exact) mass is 344 g/mol. The summed E-state index contributed by atoms with van der Waals surface area (Å²) in [5, 5.41) is 9.00. The highest BCUT2D eigenvalue weighted by molar-refractivity contribution is 5.88. The molecule has 0 aliphatic carbocycles. The summed E-state index contributed by atoms with van der Waals surface area (Å²) < 4.78 is 16.5. The molecular weight excluding hydrogens is 320 g/mol. The van der Waals surface area contributed by atoms with E-state index in [1.54, 1.807) is 6.07 Å². The number of methoxy groups -OCH3 is 1. The smallest absolute Gasteiger partial charge is 0.335 e. The summed E-state index contributed by atoms with van der Waals surface area (Å²) in [6.45, 7) is 7.12. The zero-order valence-electron chi connectivity index (χ0n) is 15.0. The average molecular weight is 344 g/mol. The number of carboxylic acids is 1. The molecule has 0 aliphatic rings. The highest BCUT2D eigenvalue weighted by atomic mass is 16.5. The molecule has 0 aliphatic heterocycles. The first kappa shape index (κ1) is 18.6. The zero-order valence-corrected chi connectivity index (χ0v) is 15.0. The summed E-state index contributed by atoms with van der Waals surface area (Å²) in [4.78, 5) is 11.0. The third-order valence-corrected chi connectivity index (χ3v) is 3.88. The van der Waals surface area contributed by atoms with Crippen molar-refractivity contribution in [3.05, 3.63) is 53.1 Å². The van der Waals surface area contributed by atoms with E-state index in [0.29, 0.717) is 30.6 Å². The number of benzene rings is 2. The molecule has 5 heteroatoms. The van der Waals surface area contributed by atoms with Gasteiger partial charge < -0.3 is 19.3 Å². The summed E-state index contributed by atoms with van der Waals surface area (Å²) >= 11 is 0. The van der Waals surface area contributed by atoms with Crippen LogP contribution in [0.15, 0.2) is 36.4 Å². The van der Waals surface area contributed by atoms with Crippen molar-refractivity contribution in [2.24, 2.45) is 0 Å². The number of hydrogen-bond acceptors (Lipinski definition) is 4. The molecule has 0 amide bonds. The summed E-state index contributed by atoms with van der Waals surface area (Å²) in [5.74, 6) is 1.16. The second kappa shape index (κ2) is 8.42. The normalized spacial score (nSPS) is 10.6. The van der Waals surface area contributed by atoms with Crippen LogP contribution < -0.4 is 14.2 Å². The second-order valence-electron chi connectivity index (χ2n) is 6.04. The van der Waals surface area contributed by atoms with Gasteiger partial charge in [0.05, 0.1) is 12.7 Å². The van der Waals surface area contributed by atoms with Crippen molar-refractivity contribution < 1.29 is 24.1 Å². The first-order chi connectivity index (χ1) is 11.9. The van der Waals surface area contributed by atoms with Crippen LogP contribution in [-0.2, 0) is 0 Å². The van der Waals surface area contributed by atoms with Gasteiger partial charge in [-0.25, -0.2) is 4.79 Å². The summed E-state index contributed by atoms with van der Waals surface area (Å²) in [6.07, 6.45) is 0. The topological polar surface area (TPSA) is 65.0 Å². The van der Waals surface area contributed by atoms with Gasteiger partial charge in [-0.1, -0.05) is 19.9 Å². The molecule has 0 saturated heterocycles. The summed E-state index contributed by atoms with van der Waals surface area (Å²) in [6, 6.07) is 10.6. The Balaban J connectivity index is 1.91. The molecule has 5 nitrogen and oxygen atoms in total. The lowest BCUT2D eigenvalue weighted by molar-refractivity contribution is 0.0696. The molecule has 0 unspecified atom stereocenters. The van der Waals surface area contributed by atoms with E-state index in [4.69, 9.17) is 19.3 Å². The third-order valence-electron chi connectivity index (χ3n) is 3.88. The van der Waals surface area contributed by atoms with Crippen molar-refractivity contribution in [1.29, 1.82) is 0 Å². The zero-order chi connectivity index (χ0) is 18.4. The molecule has 2 aromatic carbocycles. The fraction of sp³-hybridized carbons (Fsp3) is 0.350. The average Bonchev–Trinajstić information content (AvgIpc) is 2.58. The SMILES string of the molecule is COc1cc(C(=O)O)ccc1OCCOc1ccc(C(C)C)c(C)c1. The fourth-order valence-corrected chi connectivity index (χ4v) is 2.62. The van der Waals surface area contributed by atoms with E-state index in [2.05, 4.69) is 26.8 Å². The van der Waals surface area contributed by atoms with Crippen LogP contribution in [0, 0.1) is 6.92 Å². The predicted molar refractivity (Wildman–Crippen MR) is 96.2 cm³/mol. The van der Waals surface area contributed by atoms with Crippen LogP contribution in [0.1, 0.15) is 41.3 Å². The van der Waals surface area contributed by atoms with E-state index in [-0.39, 0.29) is 5.56 Å². The number of aromatic carboxylic acids is 1. The van der Waals surface area contributed by atoms with Crippen molar-refractivity contribution >= 4 is 5.97 Å². The largest absolute Gasteiger partial charge is 0.493 e. The maximum Gasteiger partial charge on any atom is 0.335 e. The van der Waals surface area contributed by atoms with Crippen molar-refractivity contribution in [3.63, 3.8) is 0 Å². The van der Waals surface area contributed by atoms with Gasteiger partial charge in [0, 0.05) is 0 Å². The van der Waals surface area contributed by atoms with E-state index in [1.807, 2.05) is 12.1 Å². The number of ether oxygens (including phenoxy) is 3. The lowest BCUT2D eigenvalue weighted by Gasteiger charge is -2.14. The third kappa shape index (κ3) is 4.89. The number of hydrogen-bond donors (Lipinski definition) is 1. The van der Waals surface area contributed by atoms with E-state index >= 15 is 0 Å². The number of rotatable bonds is 8. The molecule has 2 rings (SSSR count). The van der Waals surface area contributed by atoms with Gasteiger partial charge in [0.2, 0.25) is 0 Å². The standard InChI is InChI=1S/C20H24O5/c1-13(2)17-7-6-16(11-14(17)3)24-9-10-25-18-8-5-15(20(21)22)12-19(18)23-4/h5-8,11-13H,9-10H2,1-4H3,(H,21,22). The van der Waals surface area contributed by atoms with Crippen molar-refractivity contribution in [1.82, 2.24) is 0 Å². The highest BCUT2D eigenvalue weighted by Gasteiger charge is 2.10. The minimum atomic E-state index is -1.01. The molecule has 0 spiro atoms. The van der Waals surface area contributed by atoms with Crippen LogP contribution in [0.25, 0.3) is 0 Å². The van der Waals surface area contributed by atoms with E-state index < -0.39 is 5.97 Å². The van der Waals surface area contributed by atoms with Gasteiger partial charge in [-0.15, -0.1) is 0 Å². The number of aryl methyl sites for hydroxylation is 1. The molecule has 1 N–H and O–H groups in total. The van der Waals surface area contributed by atoms with Gasteiger partial charge in [-0.3, -0.25) is 0 Å². The Morgan fingerprint density at radius 1 is 1.04 bits per heavy atom. The Bertz CT molecular complexity index is 737. The molecule has 0 radical (unpaired) electrons. The van der Waals surface area contributed by atoms with Gasteiger partial charge in [-0.2, -0.15) is 0 Å². The molecule has 0 saturated carbocycles. The van der Waals surface area contributed by atoms with Crippen LogP contribution in [0.3, 0.4) is 0 Å². The maximum atomic E-state index is 11.0. The first-order valence-electron chi connectivity index (χ1n) is 8.20. The molecule has 0 bridgehead atoms. The minimum Gasteiger partial charge on any atom is -0.493 e. The molecule has 0 aromatic heterocycles. The first-order valence-corrected chi connectivity index (χ1v) is 8.20. The van der Waals surface area contributed by atoms with E-state index in [1.165, 1.54) is 30.4 Å². The second-order valence-corrected chi connectivity index (χ2v) is 6.04. The van der Waals surface area contributed by atoms with Gasteiger partial charge in [-0.05, 0) is 54.3 Å². The molecular formula is C20H24O5. The van der Waals surface area contributed by atoms with E-state index in [0.717, 1.165) is 5.75 Å². The van der Waals surface area contributed by atoms with Crippen molar-refractivity contribution in [3.8, 4) is 17.2 Å². The lowest BCUT2D eigenvalue weighted by Crippen LogP contribution is -2.10. The highest BCUT2D eigenvalue weighted by Crippen LogP contribution is 2.28. The number of carbonyl (C=O) groups is 1. The van der Waals surface area contributed by atoms with Crippen LogP contribution in [0.2, 0.25) is 0 Å². The maximum absolute atomic E-state index is 11.0.